The Hall–Kier alpha value is -1.88. The minimum Gasteiger partial charge on any atom is -0.345 e. The molecule has 0 fully saturated rings. The first-order valence-electron chi connectivity index (χ1n) is 7.51. The minimum absolute atomic E-state index is 0.108. The van der Waals surface area contributed by atoms with Crippen LogP contribution in [0.15, 0.2) is 24.3 Å². The summed E-state index contributed by atoms with van der Waals surface area (Å²) >= 11 is 0. The number of likely N-dealkylation sites (N-methyl/N-ethyl adjacent to an activating group) is 1. The topological polar surface area (TPSA) is 50.2 Å². The second-order valence-electron chi connectivity index (χ2n) is 5.22. The molecule has 0 aliphatic rings. The molecule has 1 unspecified atom stereocenters. The predicted molar refractivity (Wildman–Crippen MR) is 85.0 cm³/mol. The Morgan fingerprint density at radius 3 is 2.76 bits per heavy atom. The molecule has 5 heteroatoms. The van der Waals surface area contributed by atoms with Gasteiger partial charge in [0.25, 0.3) is 0 Å². The first-order valence-corrected chi connectivity index (χ1v) is 7.51. The van der Waals surface area contributed by atoms with Crippen LogP contribution in [0.25, 0.3) is 11.0 Å². The molecule has 0 spiro atoms. The van der Waals surface area contributed by atoms with Gasteiger partial charge in [-0.3, -0.25) is 10.1 Å². The van der Waals surface area contributed by atoms with Crippen LogP contribution in [0.5, 0.6) is 0 Å². The van der Waals surface area contributed by atoms with Gasteiger partial charge in [0.1, 0.15) is 5.82 Å². The second-order valence-corrected chi connectivity index (χ2v) is 5.22. The molecule has 1 aromatic carbocycles. The summed E-state index contributed by atoms with van der Waals surface area (Å²) in [5.74, 6) is 1.08. The molecule has 1 N–H and O–H groups in total. The van der Waals surface area contributed by atoms with Gasteiger partial charge in [-0.25, -0.2) is 4.98 Å². The zero-order valence-corrected chi connectivity index (χ0v) is 13.3. The van der Waals surface area contributed by atoms with Crippen LogP contribution in [-0.4, -0.2) is 40.0 Å². The number of nitrogens with zero attached hydrogens (tertiary/aromatic N) is 3. The van der Waals surface area contributed by atoms with E-state index in [1.807, 2.05) is 39.1 Å². The Balaban J connectivity index is 2.11. The molecule has 1 amide bonds. The molecule has 21 heavy (non-hydrogen) atoms. The summed E-state index contributed by atoms with van der Waals surface area (Å²) in [5, 5.41) is 3.28. The van der Waals surface area contributed by atoms with Crippen LogP contribution < -0.4 is 5.32 Å². The number of imidazole rings is 1. The average Bonchev–Trinajstić information content (AvgIpc) is 2.88. The predicted octanol–water partition coefficient (Wildman–Crippen LogP) is 2.01. The molecule has 0 bridgehead atoms. The second kappa shape index (κ2) is 6.72. The molecular formula is C16H24N4O. The fourth-order valence-corrected chi connectivity index (χ4v) is 2.43. The molecule has 1 atom stereocenters. The molecule has 114 valence electrons. The SMILES string of the molecule is CCN(C)C(=O)C(C)NCc1nc2ccccc2n1CC. The normalized spacial score (nSPS) is 12.6. The van der Waals surface area contributed by atoms with Crippen molar-refractivity contribution in [2.45, 2.75) is 39.9 Å². The first kappa shape index (κ1) is 15.5. The maximum atomic E-state index is 12.1. The summed E-state index contributed by atoms with van der Waals surface area (Å²) in [5.41, 5.74) is 2.14. The minimum atomic E-state index is -0.208. The highest BCUT2D eigenvalue weighted by Gasteiger charge is 2.17. The van der Waals surface area contributed by atoms with Crippen molar-refractivity contribution in [2.75, 3.05) is 13.6 Å². The third kappa shape index (κ3) is 3.24. The summed E-state index contributed by atoms with van der Waals surface area (Å²) < 4.78 is 2.18. The van der Waals surface area contributed by atoms with E-state index in [1.54, 1.807) is 4.90 Å². The fourth-order valence-electron chi connectivity index (χ4n) is 2.43. The number of fused-ring (bicyclic) bond motifs is 1. The van der Waals surface area contributed by atoms with Gasteiger partial charge in [-0.05, 0) is 32.9 Å². The van der Waals surface area contributed by atoms with Crippen LogP contribution in [-0.2, 0) is 17.9 Å². The number of carbonyl (C=O) groups is 1. The summed E-state index contributed by atoms with van der Waals surface area (Å²) in [4.78, 5) is 18.4. The van der Waals surface area contributed by atoms with E-state index in [0.29, 0.717) is 6.54 Å². The smallest absolute Gasteiger partial charge is 0.239 e. The molecule has 2 aromatic rings. The van der Waals surface area contributed by atoms with Crippen molar-refractivity contribution in [3.05, 3.63) is 30.1 Å². The van der Waals surface area contributed by atoms with Gasteiger partial charge in [0.05, 0.1) is 23.6 Å². The highest BCUT2D eigenvalue weighted by atomic mass is 16.2. The Morgan fingerprint density at radius 2 is 2.10 bits per heavy atom. The van der Waals surface area contributed by atoms with Crippen LogP contribution in [0.1, 0.15) is 26.6 Å². The van der Waals surface area contributed by atoms with Gasteiger partial charge in [-0.1, -0.05) is 12.1 Å². The number of hydrogen-bond donors (Lipinski definition) is 1. The quantitative estimate of drug-likeness (QED) is 0.884. The molecule has 0 aliphatic heterocycles. The molecule has 5 nitrogen and oxygen atoms in total. The van der Waals surface area contributed by atoms with Crippen molar-refractivity contribution in [2.24, 2.45) is 0 Å². The number of aryl methyl sites for hydroxylation is 1. The highest BCUT2D eigenvalue weighted by molar-refractivity contribution is 5.81. The van der Waals surface area contributed by atoms with E-state index in [1.165, 1.54) is 0 Å². The van der Waals surface area contributed by atoms with E-state index in [9.17, 15) is 4.79 Å². The van der Waals surface area contributed by atoms with Gasteiger partial charge in [0.2, 0.25) is 5.91 Å². The van der Waals surface area contributed by atoms with Crippen LogP contribution in [0.4, 0.5) is 0 Å². The van der Waals surface area contributed by atoms with E-state index in [0.717, 1.165) is 29.9 Å². The van der Waals surface area contributed by atoms with E-state index in [2.05, 4.69) is 27.9 Å². The maximum Gasteiger partial charge on any atom is 0.239 e. The van der Waals surface area contributed by atoms with Gasteiger partial charge < -0.3 is 9.47 Å². The van der Waals surface area contributed by atoms with Crippen molar-refractivity contribution in [3.8, 4) is 0 Å². The van der Waals surface area contributed by atoms with Crippen molar-refractivity contribution >= 4 is 16.9 Å². The van der Waals surface area contributed by atoms with Crippen molar-refractivity contribution in [3.63, 3.8) is 0 Å². The number of amides is 1. The van der Waals surface area contributed by atoms with Crippen LogP contribution in [0.2, 0.25) is 0 Å². The van der Waals surface area contributed by atoms with Crippen LogP contribution in [0.3, 0.4) is 0 Å². The van der Waals surface area contributed by atoms with Gasteiger partial charge in [-0.2, -0.15) is 0 Å². The Bertz CT molecular complexity index is 620. The number of benzene rings is 1. The summed E-state index contributed by atoms with van der Waals surface area (Å²) in [7, 11) is 1.82. The number of para-hydroxylation sites is 2. The fraction of sp³-hybridized carbons (Fsp3) is 0.500. The maximum absolute atomic E-state index is 12.1. The lowest BCUT2D eigenvalue weighted by Gasteiger charge is -2.20. The number of hydrogen-bond acceptors (Lipinski definition) is 3. The zero-order chi connectivity index (χ0) is 15.4. The molecule has 0 aliphatic carbocycles. The average molecular weight is 288 g/mol. The number of carbonyl (C=O) groups excluding carboxylic acids is 1. The summed E-state index contributed by atoms with van der Waals surface area (Å²) in [6.07, 6.45) is 0. The lowest BCUT2D eigenvalue weighted by molar-refractivity contribution is -0.131. The van der Waals surface area contributed by atoms with E-state index >= 15 is 0 Å². The molecule has 0 radical (unpaired) electrons. The van der Waals surface area contributed by atoms with Gasteiger partial charge >= 0.3 is 0 Å². The van der Waals surface area contributed by atoms with E-state index < -0.39 is 0 Å². The summed E-state index contributed by atoms with van der Waals surface area (Å²) in [6, 6.07) is 7.91. The van der Waals surface area contributed by atoms with Crippen LogP contribution >= 0.6 is 0 Å². The molecule has 0 saturated heterocycles. The summed E-state index contributed by atoms with van der Waals surface area (Å²) in [6.45, 7) is 8.16. The molecule has 1 heterocycles. The van der Waals surface area contributed by atoms with Gasteiger partial charge in [-0.15, -0.1) is 0 Å². The van der Waals surface area contributed by atoms with Gasteiger partial charge in [0, 0.05) is 20.1 Å². The Morgan fingerprint density at radius 1 is 1.38 bits per heavy atom. The standard InChI is InChI=1S/C16H24N4O/c1-5-19(4)16(21)12(3)17-11-15-18-13-9-7-8-10-14(13)20(15)6-2/h7-10,12,17H,5-6,11H2,1-4H3. The van der Waals surface area contributed by atoms with Crippen LogP contribution in [0, 0.1) is 0 Å². The monoisotopic (exact) mass is 288 g/mol. The molecule has 2 rings (SSSR count). The first-order chi connectivity index (χ1) is 10.1. The Labute approximate surface area is 126 Å². The zero-order valence-electron chi connectivity index (χ0n) is 13.3. The third-order valence-electron chi connectivity index (χ3n) is 3.84. The lowest BCUT2D eigenvalue weighted by Crippen LogP contribution is -2.43. The molecule has 1 aromatic heterocycles. The molecule has 0 saturated carbocycles. The third-order valence-corrected chi connectivity index (χ3v) is 3.84. The Kier molecular flexibility index (Phi) is 4.96. The van der Waals surface area contributed by atoms with E-state index in [-0.39, 0.29) is 11.9 Å². The number of rotatable bonds is 6. The van der Waals surface area contributed by atoms with Gasteiger partial charge in [0.15, 0.2) is 0 Å². The number of nitrogens with one attached hydrogen (secondary N) is 1. The lowest BCUT2D eigenvalue weighted by atomic mass is 10.3. The largest absolute Gasteiger partial charge is 0.345 e. The highest BCUT2D eigenvalue weighted by Crippen LogP contribution is 2.15. The van der Waals surface area contributed by atoms with Crippen molar-refractivity contribution in [1.82, 2.24) is 19.8 Å². The van der Waals surface area contributed by atoms with Crippen molar-refractivity contribution in [1.29, 1.82) is 0 Å². The van der Waals surface area contributed by atoms with Crippen molar-refractivity contribution < 1.29 is 4.79 Å². The number of aromatic nitrogens is 2. The molecular weight excluding hydrogens is 264 g/mol. The van der Waals surface area contributed by atoms with E-state index in [4.69, 9.17) is 0 Å².